The summed E-state index contributed by atoms with van der Waals surface area (Å²) in [6.45, 7) is 1.32. The van der Waals surface area contributed by atoms with Gasteiger partial charge in [-0.05, 0) is 42.4 Å². The molecule has 5 nitrogen and oxygen atoms in total. The Morgan fingerprint density at radius 3 is 2.37 bits per heavy atom. The first-order valence-corrected chi connectivity index (χ1v) is 12.2. The molecule has 0 aliphatic heterocycles. The summed E-state index contributed by atoms with van der Waals surface area (Å²) in [5.74, 6) is 2.41. The van der Waals surface area contributed by atoms with Crippen LogP contribution in [0.5, 0.6) is 5.75 Å². The number of hydrogen-bond donors (Lipinski definition) is 0. The molecule has 0 spiro atoms. The number of aromatic nitrogens is 1. The lowest BCUT2D eigenvalue weighted by molar-refractivity contribution is -0.210. The minimum absolute atomic E-state index is 0.358. The van der Waals surface area contributed by atoms with E-state index in [1.165, 1.54) is 25.3 Å². The molecule has 1 aliphatic rings. The van der Waals surface area contributed by atoms with E-state index in [0.717, 1.165) is 47.7 Å². The van der Waals surface area contributed by atoms with Crippen molar-refractivity contribution in [3.05, 3.63) is 96.4 Å². The molecular weight excluding hydrogens is 438 g/mol. The summed E-state index contributed by atoms with van der Waals surface area (Å²) in [4.78, 5) is 26.0. The van der Waals surface area contributed by atoms with Crippen LogP contribution in [0.2, 0.25) is 0 Å². The number of benzene rings is 3. The van der Waals surface area contributed by atoms with E-state index >= 15 is 0 Å². The van der Waals surface area contributed by atoms with Crippen LogP contribution in [0.1, 0.15) is 50.0 Å². The van der Waals surface area contributed by atoms with Gasteiger partial charge in [-0.3, -0.25) is 9.78 Å². The lowest BCUT2D eigenvalue weighted by Gasteiger charge is -2.31. The fourth-order valence-electron chi connectivity index (χ4n) is 5.05. The van der Waals surface area contributed by atoms with Gasteiger partial charge in [0.25, 0.3) is 0 Å². The summed E-state index contributed by atoms with van der Waals surface area (Å²) in [5, 5.41) is 0. The van der Waals surface area contributed by atoms with Crippen LogP contribution in [0.4, 0.5) is 0 Å². The van der Waals surface area contributed by atoms with Crippen molar-refractivity contribution in [2.75, 3.05) is 0 Å². The highest BCUT2D eigenvalue weighted by molar-refractivity contribution is 5.76. The van der Waals surface area contributed by atoms with Crippen LogP contribution in [0, 0.1) is 5.92 Å². The summed E-state index contributed by atoms with van der Waals surface area (Å²) in [5.41, 5.74) is 4.16. The summed E-state index contributed by atoms with van der Waals surface area (Å²) in [6.07, 6.45) is 5.37. The third-order valence-electron chi connectivity index (χ3n) is 6.64. The molecule has 0 bridgehead atoms. The summed E-state index contributed by atoms with van der Waals surface area (Å²) in [6, 6.07) is 28.3. The molecule has 1 fully saturated rings. The molecule has 0 N–H and O–H groups in total. The average molecular weight is 468 g/mol. The van der Waals surface area contributed by atoms with E-state index in [1.807, 2.05) is 48.5 Å². The van der Waals surface area contributed by atoms with Crippen molar-refractivity contribution < 1.29 is 19.0 Å². The van der Waals surface area contributed by atoms with Gasteiger partial charge in [0, 0.05) is 24.5 Å². The Morgan fingerprint density at radius 2 is 1.63 bits per heavy atom. The second-order valence-corrected chi connectivity index (χ2v) is 9.10. The molecule has 1 aromatic heterocycles. The van der Waals surface area contributed by atoms with E-state index in [-0.39, 0.29) is 0 Å². The maximum Gasteiger partial charge on any atom is 0.352 e. The Morgan fingerprint density at radius 1 is 0.914 bits per heavy atom. The molecule has 5 rings (SSSR count). The number of nitrogens with zero attached hydrogens (tertiary/aromatic N) is 1. The third kappa shape index (κ3) is 5.46. The van der Waals surface area contributed by atoms with Crippen molar-refractivity contribution in [1.82, 2.24) is 4.98 Å². The first kappa shape index (κ1) is 22.9. The Bertz CT molecular complexity index is 1210. The fraction of sp³-hybridized carbons (Fsp3) is 0.267. The summed E-state index contributed by atoms with van der Waals surface area (Å²) in [7, 11) is 0. The van der Waals surface area contributed by atoms with Gasteiger partial charge in [0.1, 0.15) is 5.69 Å². The van der Waals surface area contributed by atoms with E-state index in [4.69, 9.17) is 19.2 Å². The van der Waals surface area contributed by atoms with Crippen LogP contribution in [-0.2, 0) is 16.1 Å². The molecular formula is C30H29NO4. The highest BCUT2D eigenvalue weighted by atomic mass is 17.2. The predicted molar refractivity (Wildman–Crippen MR) is 135 cm³/mol. The van der Waals surface area contributed by atoms with Gasteiger partial charge in [-0.25, -0.2) is 9.78 Å². The van der Waals surface area contributed by atoms with Gasteiger partial charge in [-0.1, -0.05) is 85.6 Å². The van der Waals surface area contributed by atoms with Crippen molar-refractivity contribution in [3.63, 3.8) is 0 Å². The van der Waals surface area contributed by atoms with Crippen molar-refractivity contribution in [3.8, 4) is 28.3 Å². The molecule has 2 atom stereocenters. The molecule has 4 aromatic rings. The number of carbonyl (C=O) groups excluding carboxylic acids is 1. The van der Waals surface area contributed by atoms with Crippen molar-refractivity contribution >= 4 is 5.97 Å². The van der Waals surface area contributed by atoms with Crippen LogP contribution >= 0.6 is 0 Å². The SMILES string of the molecule is CC(=O)OOc1cccc(C2CCCCC2Cc2nc(-c3ccccc3)c(-c3ccccc3)o2)c1. The Balaban J connectivity index is 1.43. The average Bonchev–Trinajstić information content (AvgIpc) is 3.33. The van der Waals surface area contributed by atoms with Crippen molar-refractivity contribution in [1.29, 1.82) is 0 Å². The van der Waals surface area contributed by atoms with Crippen LogP contribution in [0.15, 0.2) is 89.3 Å². The monoisotopic (exact) mass is 467 g/mol. The Labute approximate surface area is 205 Å². The smallest absolute Gasteiger partial charge is 0.352 e. The van der Waals surface area contributed by atoms with Gasteiger partial charge >= 0.3 is 5.97 Å². The van der Waals surface area contributed by atoms with Gasteiger partial charge in [0.15, 0.2) is 17.4 Å². The number of hydrogen-bond acceptors (Lipinski definition) is 5. The topological polar surface area (TPSA) is 61.6 Å². The standard InChI is InChI=1S/C30H29NO4/c1-21(32)34-35-26-17-10-16-24(19-26)27-18-9-8-15-25(27)20-28-31-29(22-11-4-2-5-12-22)30(33-28)23-13-6-3-7-14-23/h2-7,10-14,16-17,19,25,27H,8-9,15,18,20H2,1H3. The maximum absolute atomic E-state index is 11.1. The number of rotatable bonds is 7. The summed E-state index contributed by atoms with van der Waals surface area (Å²) < 4.78 is 6.44. The molecule has 0 saturated heterocycles. The van der Waals surface area contributed by atoms with E-state index in [2.05, 4.69) is 30.3 Å². The van der Waals surface area contributed by atoms with E-state index < -0.39 is 5.97 Å². The second-order valence-electron chi connectivity index (χ2n) is 9.10. The fourth-order valence-corrected chi connectivity index (χ4v) is 5.05. The first-order valence-electron chi connectivity index (χ1n) is 12.2. The zero-order valence-corrected chi connectivity index (χ0v) is 19.9. The maximum atomic E-state index is 11.1. The molecule has 1 aliphatic carbocycles. The molecule has 5 heteroatoms. The zero-order chi connectivity index (χ0) is 24.0. The molecule has 178 valence electrons. The summed E-state index contributed by atoms with van der Waals surface area (Å²) >= 11 is 0. The predicted octanol–water partition coefficient (Wildman–Crippen LogP) is 7.38. The first-order chi connectivity index (χ1) is 17.2. The molecule has 2 unspecified atom stereocenters. The van der Waals surface area contributed by atoms with Crippen LogP contribution in [0.3, 0.4) is 0 Å². The van der Waals surface area contributed by atoms with E-state index in [0.29, 0.717) is 17.6 Å². The molecule has 3 aromatic carbocycles. The third-order valence-corrected chi connectivity index (χ3v) is 6.64. The van der Waals surface area contributed by atoms with Gasteiger partial charge in [0.2, 0.25) is 0 Å². The molecule has 35 heavy (non-hydrogen) atoms. The molecule has 0 amide bonds. The number of oxazole rings is 1. The molecule has 0 radical (unpaired) electrons. The van der Waals surface area contributed by atoms with Crippen molar-refractivity contribution in [2.45, 2.75) is 44.9 Å². The minimum Gasteiger partial charge on any atom is -0.440 e. The van der Waals surface area contributed by atoms with E-state index in [1.54, 1.807) is 6.07 Å². The van der Waals surface area contributed by atoms with Gasteiger partial charge in [-0.2, -0.15) is 0 Å². The van der Waals surface area contributed by atoms with Crippen LogP contribution in [0.25, 0.3) is 22.6 Å². The van der Waals surface area contributed by atoms with Crippen LogP contribution < -0.4 is 4.89 Å². The number of carbonyl (C=O) groups is 1. The van der Waals surface area contributed by atoms with Gasteiger partial charge in [0.05, 0.1) is 0 Å². The Hall–Kier alpha value is -3.86. The Kier molecular flexibility index (Phi) is 6.94. The lowest BCUT2D eigenvalue weighted by atomic mass is 9.74. The van der Waals surface area contributed by atoms with Crippen molar-refractivity contribution in [2.24, 2.45) is 5.92 Å². The normalized spacial score (nSPS) is 17.6. The highest BCUT2D eigenvalue weighted by Gasteiger charge is 2.29. The van der Waals surface area contributed by atoms with Gasteiger partial charge < -0.3 is 4.42 Å². The van der Waals surface area contributed by atoms with E-state index in [9.17, 15) is 4.79 Å². The lowest BCUT2D eigenvalue weighted by Crippen LogP contribution is -2.20. The quantitative estimate of drug-likeness (QED) is 0.210. The minimum atomic E-state index is -0.474. The largest absolute Gasteiger partial charge is 0.440 e. The highest BCUT2D eigenvalue weighted by Crippen LogP contribution is 2.41. The van der Waals surface area contributed by atoms with Gasteiger partial charge in [-0.15, -0.1) is 0 Å². The molecule has 1 heterocycles. The zero-order valence-electron chi connectivity index (χ0n) is 19.9. The van der Waals surface area contributed by atoms with Crippen LogP contribution in [-0.4, -0.2) is 11.0 Å². The second kappa shape index (κ2) is 10.6. The molecule has 1 saturated carbocycles.